The molecule has 3 aliphatic heterocycles. The van der Waals surface area contributed by atoms with Gasteiger partial charge < -0.3 is 20.0 Å². The van der Waals surface area contributed by atoms with E-state index in [9.17, 15) is 4.79 Å². The quantitative estimate of drug-likeness (QED) is 0.695. The Bertz CT molecular complexity index is 970. The summed E-state index contributed by atoms with van der Waals surface area (Å²) < 4.78 is 0. The molecule has 2 aromatic rings. The van der Waals surface area contributed by atoms with Crippen LogP contribution >= 0.6 is 11.6 Å². The lowest BCUT2D eigenvalue weighted by atomic mass is 9.89. The van der Waals surface area contributed by atoms with Gasteiger partial charge in [-0.1, -0.05) is 23.7 Å². The van der Waals surface area contributed by atoms with Crippen LogP contribution in [-0.2, 0) is 0 Å². The molecule has 3 saturated heterocycles. The van der Waals surface area contributed by atoms with E-state index < -0.39 is 0 Å². The third-order valence-electron chi connectivity index (χ3n) is 7.64. The molecular formula is C26H33ClN4O. The van der Waals surface area contributed by atoms with Crippen LogP contribution in [0.5, 0.6) is 0 Å². The van der Waals surface area contributed by atoms with E-state index >= 15 is 0 Å². The number of amides is 2. The van der Waals surface area contributed by atoms with Gasteiger partial charge in [0.1, 0.15) is 0 Å². The lowest BCUT2D eigenvalue weighted by molar-refractivity contribution is 0.194. The highest BCUT2D eigenvalue weighted by Gasteiger charge is 2.40. The van der Waals surface area contributed by atoms with E-state index in [2.05, 4.69) is 59.4 Å². The highest BCUT2D eigenvalue weighted by atomic mass is 35.5. The van der Waals surface area contributed by atoms with E-state index in [4.69, 9.17) is 11.6 Å². The molecule has 0 unspecified atom stereocenters. The Labute approximate surface area is 196 Å². The van der Waals surface area contributed by atoms with Crippen molar-refractivity contribution in [2.45, 2.75) is 38.1 Å². The van der Waals surface area contributed by atoms with Gasteiger partial charge in [0.15, 0.2) is 0 Å². The van der Waals surface area contributed by atoms with Gasteiger partial charge in [-0.25, -0.2) is 4.79 Å². The van der Waals surface area contributed by atoms with Gasteiger partial charge in [-0.05, 0) is 86.5 Å². The number of rotatable bonds is 3. The number of hydrogen-bond acceptors (Lipinski definition) is 3. The minimum atomic E-state index is 0.00839. The first-order valence-electron chi connectivity index (χ1n) is 11.8. The Hall–Kier alpha value is -2.24. The predicted molar refractivity (Wildman–Crippen MR) is 132 cm³/mol. The van der Waals surface area contributed by atoms with Gasteiger partial charge >= 0.3 is 6.03 Å². The summed E-state index contributed by atoms with van der Waals surface area (Å²) in [7, 11) is 2.22. The van der Waals surface area contributed by atoms with Crippen molar-refractivity contribution >= 4 is 29.0 Å². The van der Waals surface area contributed by atoms with Gasteiger partial charge in [-0.3, -0.25) is 0 Å². The summed E-state index contributed by atoms with van der Waals surface area (Å²) in [4.78, 5) is 19.9. The topological polar surface area (TPSA) is 38.8 Å². The molecule has 0 radical (unpaired) electrons. The minimum Gasteiger partial charge on any atom is -0.367 e. The Morgan fingerprint density at radius 2 is 1.75 bits per heavy atom. The molecule has 3 fully saturated rings. The molecule has 0 spiro atoms. The van der Waals surface area contributed by atoms with E-state index in [1.54, 1.807) is 0 Å². The second-order valence-corrected chi connectivity index (χ2v) is 10.2. The number of likely N-dealkylation sites (tertiary alicyclic amines) is 2. The lowest BCUT2D eigenvalue weighted by Crippen LogP contribution is -2.40. The summed E-state index contributed by atoms with van der Waals surface area (Å²) in [6.07, 6.45) is 3.25. The summed E-state index contributed by atoms with van der Waals surface area (Å²) >= 11 is 6.02. The smallest absolute Gasteiger partial charge is 0.321 e. The van der Waals surface area contributed by atoms with E-state index in [-0.39, 0.29) is 6.03 Å². The zero-order valence-electron chi connectivity index (χ0n) is 19.1. The third-order valence-corrected chi connectivity index (χ3v) is 7.89. The van der Waals surface area contributed by atoms with Crippen molar-refractivity contribution in [3.05, 3.63) is 58.6 Å². The molecule has 32 heavy (non-hydrogen) atoms. The number of carbonyl (C=O) groups excluding carboxylic acids is 1. The van der Waals surface area contributed by atoms with Gasteiger partial charge in [0.25, 0.3) is 0 Å². The number of halogens is 1. The van der Waals surface area contributed by atoms with Gasteiger partial charge in [-0.2, -0.15) is 0 Å². The number of benzene rings is 2. The highest BCUT2D eigenvalue weighted by Crippen LogP contribution is 2.36. The highest BCUT2D eigenvalue weighted by molar-refractivity contribution is 6.30. The minimum absolute atomic E-state index is 0.00839. The van der Waals surface area contributed by atoms with E-state index in [0.717, 1.165) is 61.2 Å². The first kappa shape index (κ1) is 21.6. The summed E-state index contributed by atoms with van der Waals surface area (Å²) in [5, 5.41) is 3.93. The van der Waals surface area contributed by atoms with Crippen molar-refractivity contribution in [2.24, 2.45) is 5.92 Å². The van der Waals surface area contributed by atoms with Crippen LogP contribution in [0.15, 0.2) is 42.5 Å². The Morgan fingerprint density at radius 1 is 1.00 bits per heavy atom. The molecule has 2 atom stereocenters. The lowest BCUT2D eigenvalue weighted by Gasteiger charge is -2.32. The molecule has 0 aliphatic carbocycles. The third kappa shape index (κ3) is 4.33. The Balaban J connectivity index is 1.18. The van der Waals surface area contributed by atoms with Gasteiger partial charge in [0.05, 0.1) is 0 Å². The number of anilines is 2. The van der Waals surface area contributed by atoms with E-state index in [1.807, 2.05) is 17.0 Å². The summed E-state index contributed by atoms with van der Waals surface area (Å²) in [5.41, 5.74) is 4.64. The fraction of sp³-hybridized carbons (Fsp3) is 0.500. The number of nitrogens with zero attached hydrogens (tertiary/aromatic N) is 3. The molecule has 5 rings (SSSR count). The molecule has 170 valence electrons. The number of piperidine rings is 1. The largest absolute Gasteiger partial charge is 0.367 e. The first-order valence-corrected chi connectivity index (χ1v) is 12.2. The molecule has 3 heterocycles. The van der Waals surface area contributed by atoms with Gasteiger partial charge in [0.2, 0.25) is 0 Å². The zero-order chi connectivity index (χ0) is 22.2. The van der Waals surface area contributed by atoms with Crippen LogP contribution in [-0.4, -0.2) is 61.6 Å². The number of urea groups is 1. The van der Waals surface area contributed by atoms with Crippen molar-refractivity contribution < 1.29 is 4.79 Å². The van der Waals surface area contributed by atoms with E-state index in [1.165, 1.54) is 24.2 Å². The Morgan fingerprint density at radius 3 is 2.47 bits per heavy atom. The molecule has 0 saturated carbocycles. The number of aryl methyl sites for hydroxylation is 1. The standard InChI is InChI=1S/C26H33ClN4O/c1-18-15-23(31-14-11-21-16-29(2)17-25(21)31)7-8-24(18)28-26(32)30-12-9-20(10-13-30)19-3-5-22(27)6-4-19/h3-8,15,20-21,25H,9-14,16-17H2,1-2H3,(H,28,32)/t21-,25+/m1/s1. The monoisotopic (exact) mass is 452 g/mol. The normalized spacial score (nSPS) is 24.1. The second-order valence-electron chi connectivity index (χ2n) is 9.77. The van der Waals surface area contributed by atoms with Crippen LogP contribution in [0.25, 0.3) is 0 Å². The maximum Gasteiger partial charge on any atom is 0.321 e. The van der Waals surface area contributed by atoms with Crippen LogP contribution in [0, 0.1) is 12.8 Å². The maximum absolute atomic E-state index is 12.9. The van der Waals surface area contributed by atoms with Gasteiger partial charge in [-0.15, -0.1) is 0 Å². The molecular weight excluding hydrogens is 420 g/mol. The zero-order valence-corrected chi connectivity index (χ0v) is 19.8. The fourth-order valence-electron chi connectivity index (χ4n) is 5.80. The van der Waals surface area contributed by atoms with E-state index in [0.29, 0.717) is 12.0 Å². The predicted octanol–water partition coefficient (Wildman–Crippen LogP) is 5.20. The van der Waals surface area contributed by atoms with Crippen molar-refractivity contribution in [3.8, 4) is 0 Å². The average Bonchev–Trinajstić information content (AvgIpc) is 3.35. The van der Waals surface area contributed by atoms with Crippen LogP contribution in [0.3, 0.4) is 0 Å². The fourth-order valence-corrected chi connectivity index (χ4v) is 5.93. The van der Waals surface area contributed by atoms with Gasteiger partial charge in [0, 0.05) is 55.2 Å². The number of carbonyl (C=O) groups is 1. The maximum atomic E-state index is 12.9. The molecule has 2 amide bonds. The summed E-state index contributed by atoms with van der Waals surface area (Å²) in [6, 6.07) is 15.3. The van der Waals surface area contributed by atoms with Crippen molar-refractivity contribution in [1.82, 2.24) is 9.80 Å². The molecule has 6 heteroatoms. The SMILES string of the molecule is Cc1cc(N2CC[C@@H]3CN(C)C[C@@H]32)ccc1NC(=O)N1CCC(c2ccc(Cl)cc2)CC1. The van der Waals surface area contributed by atoms with Crippen molar-refractivity contribution in [2.75, 3.05) is 50.0 Å². The number of fused-ring (bicyclic) bond motifs is 1. The second kappa shape index (κ2) is 8.95. The molecule has 5 nitrogen and oxygen atoms in total. The van der Waals surface area contributed by atoms with Crippen LogP contribution in [0.2, 0.25) is 5.02 Å². The average molecular weight is 453 g/mol. The molecule has 0 bridgehead atoms. The van der Waals surface area contributed by atoms with Crippen molar-refractivity contribution in [3.63, 3.8) is 0 Å². The summed E-state index contributed by atoms with van der Waals surface area (Å²) in [5.74, 6) is 1.28. The van der Waals surface area contributed by atoms with Crippen LogP contribution < -0.4 is 10.2 Å². The van der Waals surface area contributed by atoms with Crippen LogP contribution in [0.4, 0.5) is 16.2 Å². The number of likely N-dealkylation sites (N-methyl/N-ethyl adjacent to an activating group) is 1. The molecule has 3 aliphatic rings. The molecule has 2 aromatic carbocycles. The molecule has 1 N–H and O–H groups in total. The molecule has 0 aromatic heterocycles. The Kier molecular flexibility index (Phi) is 6.04. The number of nitrogens with one attached hydrogen (secondary N) is 1. The van der Waals surface area contributed by atoms with Crippen LogP contribution in [0.1, 0.15) is 36.3 Å². The summed E-state index contributed by atoms with van der Waals surface area (Å²) in [6.45, 7) is 7.15. The van der Waals surface area contributed by atoms with Crippen molar-refractivity contribution in [1.29, 1.82) is 0 Å². The first-order chi connectivity index (χ1) is 15.5. The number of hydrogen-bond donors (Lipinski definition) is 1.